The smallest absolute Gasteiger partial charge is 0.147 e. The summed E-state index contributed by atoms with van der Waals surface area (Å²) in [5, 5.41) is 4.90. The number of aromatic nitrogens is 2. The fraction of sp³-hybridized carbons (Fsp3) is 0.250. The van der Waals surface area contributed by atoms with Gasteiger partial charge in [0.05, 0.1) is 22.1 Å². The molecule has 0 aliphatic rings. The van der Waals surface area contributed by atoms with Crippen LogP contribution in [-0.4, -0.2) is 9.78 Å². The summed E-state index contributed by atoms with van der Waals surface area (Å²) in [6.07, 6.45) is 0. The lowest BCUT2D eigenvalue weighted by atomic mass is 10.3. The summed E-state index contributed by atoms with van der Waals surface area (Å²) >= 11 is 7.64. The third kappa shape index (κ3) is 2.62. The number of nitrogens with two attached hydrogens (primary N) is 1. The summed E-state index contributed by atoms with van der Waals surface area (Å²) in [5.74, 6) is 0.242. The highest BCUT2D eigenvalue weighted by atomic mass is 35.5. The van der Waals surface area contributed by atoms with Crippen molar-refractivity contribution in [1.82, 2.24) is 9.78 Å². The Kier molecular flexibility index (Phi) is 3.82. The molecule has 0 aliphatic heterocycles. The minimum Gasteiger partial charge on any atom is -0.396 e. The highest BCUT2D eigenvalue weighted by Gasteiger charge is 2.11. The topological polar surface area (TPSA) is 43.8 Å². The van der Waals surface area contributed by atoms with Crippen molar-refractivity contribution in [3.8, 4) is 0 Å². The number of nitrogen functional groups attached to an aromatic ring is 1. The summed E-state index contributed by atoms with van der Waals surface area (Å²) in [6, 6.07) is 4.78. The Morgan fingerprint density at radius 3 is 2.78 bits per heavy atom. The van der Waals surface area contributed by atoms with Crippen molar-refractivity contribution in [3.05, 3.63) is 40.4 Å². The van der Waals surface area contributed by atoms with E-state index in [0.29, 0.717) is 10.8 Å². The number of hydrogen-bond donors (Lipinski definition) is 1. The van der Waals surface area contributed by atoms with Crippen LogP contribution in [0.4, 0.5) is 10.1 Å². The molecule has 1 aromatic carbocycles. The lowest BCUT2D eigenvalue weighted by molar-refractivity contribution is 0.629. The Morgan fingerprint density at radius 2 is 2.22 bits per heavy atom. The summed E-state index contributed by atoms with van der Waals surface area (Å²) in [6.45, 7) is 1.86. The van der Waals surface area contributed by atoms with Crippen LogP contribution < -0.4 is 5.73 Å². The molecule has 1 heterocycles. The number of hydrogen-bond acceptors (Lipinski definition) is 3. The number of benzene rings is 1. The summed E-state index contributed by atoms with van der Waals surface area (Å²) < 4.78 is 15.0. The second kappa shape index (κ2) is 5.20. The van der Waals surface area contributed by atoms with Gasteiger partial charge < -0.3 is 5.73 Å². The van der Waals surface area contributed by atoms with E-state index in [0.717, 1.165) is 16.3 Å². The molecule has 0 saturated heterocycles. The summed E-state index contributed by atoms with van der Waals surface area (Å²) in [5.41, 5.74) is 7.32. The highest BCUT2D eigenvalue weighted by Crippen LogP contribution is 2.29. The maximum Gasteiger partial charge on any atom is 0.147 e. The molecule has 6 heteroatoms. The van der Waals surface area contributed by atoms with Crippen LogP contribution in [0, 0.1) is 12.7 Å². The van der Waals surface area contributed by atoms with Crippen molar-refractivity contribution >= 4 is 29.1 Å². The minimum absolute atomic E-state index is 0.161. The van der Waals surface area contributed by atoms with E-state index in [-0.39, 0.29) is 5.69 Å². The molecule has 0 bridgehead atoms. The van der Waals surface area contributed by atoms with E-state index in [1.807, 2.05) is 14.0 Å². The molecule has 2 N–H and O–H groups in total. The molecule has 3 nitrogen and oxygen atoms in total. The fourth-order valence-electron chi connectivity index (χ4n) is 1.59. The van der Waals surface area contributed by atoms with E-state index in [1.54, 1.807) is 16.8 Å². The van der Waals surface area contributed by atoms with Gasteiger partial charge in [0.2, 0.25) is 0 Å². The first-order valence-electron chi connectivity index (χ1n) is 5.35. The molecule has 0 radical (unpaired) electrons. The van der Waals surface area contributed by atoms with Gasteiger partial charge in [-0.1, -0.05) is 11.6 Å². The normalized spacial score (nSPS) is 10.9. The minimum atomic E-state index is -0.396. The molecule has 0 fully saturated rings. The molecule has 0 unspecified atom stereocenters. The van der Waals surface area contributed by atoms with Crippen LogP contribution in [0.2, 0.25) is 5.02 Å². The Labute approximate surface area is 114 Å². The average molecular weight is 286 g/mol. The molecule has 0 saturated carbocycles. The first-order valence-corrected chi connectivity index (χ1v) is 6.71. The Balaban J connectivity index is 2.14. The van der Waals surface area contributed by atoms with E-state index in [1.165, 1.54) is 17.8 Å². The van der Waals surface area contributed by atoms with Crippen molar-refractivity contribution in [2.24, 2.45) is 7.05 Å². The lowest BCUT2D eigenvalue weighted by Gasteiger charge is -2.04. The Morgan fingerprint density at radius 1 is 1.50 bits per heavy atom. The van der Waals surface area contributed by atoms with Crippen molar-refractivity contribution in [1.29, 1.82) is 0 Å². The molecule has 1 aromatic heterocycles. The third-order valence-corrected chi connectivity index (χ3v) is 4.11. The molecule has 0 spiro atoms. The van der Waals surface area contributed by atoms with Gasteiger partial charge in [-0.2, -0.15) is 5.10 Å². The molecular formula is C12H13ClFN3S. The zero-order valence-corrected chi connectivity index (χ0v) is 11.6. The van der Waals surface area contributed by atoms with E-state index in [9.17, 15) is 4.39 Å². The van der Waals surface area contributed by atoms with E-state index < -0.39 is 5.82 Å². The monoisotopic (exact) mass is 285 g/mol. The van der Waals surface area contributed by atoms with Crippen LogP contribution >= 0.6 is 23.4 Å². The zero-order chi connectivity index (χ0) is 13.3. The number of halogens is 2. The molecule has 0 aliphatic carbocycles. The van der Waals surface area contributed by atoms with Crippen molar-refractivity contribution in [3.63, 3.8) is 0 Å². The van der Waals surface area contributed by atoms with Crippen LogP contribution in [0.1, 0.15) is 11.4 Å². The number of anilines is 1. The second-order valence-corrected chi connectivity index (χ2v) is 5.37. The molecule has 96 valence electrons. The van der Waals surface area contributed by atoms with Gasteiger partial charge in [-0.3, -0.25) is 4.68 Å². The van der Waals surface area contributed by atoms with Crippen LogP contribution in [0.25, 0.3) is 0 Å². The van der Waals surface area contributed by atoms with Crippen LogP contribution in [0.15, 0.2) is 23.1 Å². The summed E-state index contributed by atoms with van der Waals surface area (Å²) in [4.78, 5) is 0.816. The highest BCUT2D eigenvalue weighted by molar-refractivity contribution is 7.98. The molecular weight excluding hydrogens is 273 g/mol. The number of rotatable bonds is 3. The molecule has 2 aromatic rings. The molecule has 2 rings (SSSR count). The first kappa shape index (κ1) is 13.2. The van der Waals surface area contributed by atoms with E-state index in [4.69, 9.17) is 17.3 Å². The number of thioether (sulfide) groups is 1. The lowest BCUT2D eigenvalue weighted by Crippen LogP contribution is -1.97. The largest absolute Gasteiger partial charge is 0.396 e. The first-order chi connectivity index (χ1) is 8.49. The van der Waals surface area contributed by atoms with Crippen LogP contribution in [-0.2, 0) is 12.8 Å². The van der Waals surface area contributed by atoms with Gasteiger partial charge in [0.25, 0.3) is 0 Å². The average Bonchev–Trinajstić information content (AvgIpc) is 2.56. The van der Waals surface area contributed by atoms with Crippen molar-refractivity contribution in [2.75, 3.05) is 5.73 Å². The van der Waals surface area contributed by atoms with Crippen LogP contribution in [0.5, 0.6) is 0 Å². The molecule has 18 heavy (non-hydrogen) atoms. The molecule has 0 atom stereocenters. The van der Waals surface area contributed by atoms with Gasteiger partial charge in [0.1, 0.15) is 5.82 Å². The summed E-state index contributed by atoms with van der Waals surface area (Å²) in [7, 11) is 1.85. The fourth-order valence-corrected chi connectivity index (χ4v) is 2.88. The van der Waals surface area contributed by atoms with Gasteiger partial charge in [-0.15, -0.1) is 11.8 Å². The Bertz CT molecular complexity index is 583. The Hall–Kier alpha value is -1.20. The van der Waals surface area contributed by atoms with Crippen molar-refractivity contribution in [2.45, 2.75) is 17.6 Å². The number of nitrogens with zero attached hydrogens (tertiary/aromatic N) is 2. The second-order valence-electron chi connectivity index (χ2n) is 3.94. The SMILES string of the molecule is Cc1nn(C)c(CSc2ccc(N)c(F)c2)c1Cl. The standard InChI is InChI=1S/C12H13ClFN3S/c1-7-12(13)11(17(2)16-7)6-18-8-3-4-10(15)9(14)5-8/h3-5H,6,15H2,1-2H3. The zero-order valence-electron chi connectivity index (χ0n) is 10.1. The quantitative estimate of drug-likeness (QED) is 0.694. The van der Waals surface area contributed by atoms with Gasteiger partial charge in [-0.25, -0.2) is 4.39 Å². The predicted octanol–water partition coefficient (Wildman–Crippen LogP) is 3.40. The maximum absolute atomic E-state index is 13.3. The maximum atomic E-state index is 13.3. The predicted molar refractivity (Wildman–Crippen MR) is 73.3 cm³/mol. The third-order valence-electron chi connectivity index (χ3n) is 2.61. The molecule has 0 amide bonds. The van der Waals surface area contributed by atoms with E-state index in [2.05, 4.69) is 5.10 Å². The van der Waals surface area contributed by atoms with Gasteiger partial charge in [-0.05, 0) is 25.1 Å². The van der Waals surface area contributed by atoms with Gasteiger partial charge in [0, 0.05) is 17.7 Å². The van der Waals surface area contributed by atoms with Crippen LogP contribution in [0.3, 0.4) is 0 Å². The number of aryl methyl sites for hydroxylation is 2. The van der Waals surface area contributed by atoms with Crippen molar-refractivity contribution < 1.29 is 4.39 Å². The van der Waals surface area contributed by atoms with E-state index >= 15 is 0 Å². The van der Waals surface area contributed by atoms with Gasteiger partial charge in [0.15, 0.2) is 0 Å². The van der Waals surface area contributed by atoms with Gasteiger partial charge >= 0.3 is 0 Å².